The van der Waals surface area contributed by atoms with Crippen LogP contribution >= 0.6 is 0 Å². The van der Waals surface area contributed by atoms with Gasteiger partial charge in [-0.2, -0.15) is 26.6 Å². The number of nitrogens with one attached hydrogen (secondary N) is 2. The number of carbonyl (C=O) groups is 2. The van der Waals surface area contributed by atoms with Crippen LogP contribution in [0.3, 0.4) is 0 Å². The predicted octanol–water partition coefficient (Wildman–Crippen LogP) is 9.40. The number of halogens is 3. The van der Waals surface area contributed by atoms with E-state index in [0.29, 0.717) is 62.1 Å². The number of aromatic nitrogens is 6. The quantitative estimate of drug-likeness (QED) is 0.00581. The Balaban J connectivity index is 0.000000251. The van der Waals surface area contributed by atoms with E-state index in [1.165, 1.54) is 19.4 Å². The van der Waals surface area contributed by atoms with Crippen LogP contribution in [0, 0.1) is 5.41 Å². The van der Waals surface area contributed by atoms with Gasteiger partial charge in [-0.25, -0.2) is 29.5 Å². The van der Waals surface area contributed by atoms with E-state index in [1.54, 1.807) is 62.5 Å². The van der Waals surface area contributed by atoms with Gasteiger partial charge in [0.05, 0.1) is 58.7 Å². The molecule has 7 aromatic rings. The largest absolute Gasteiger partial charge is 1.00 e. The van der Waals surface area contributed by atoms with Crippen LogP contribution in [-0.2, 0) is 62.3 Å². The number of aromatic amines is 1. The molecule has 0 radical (unpaired) electrons. The van der Waals surface area contributed by atoms with E-state index in [4.69, 9.17) is 69.4 Å². The molecule has 0 aliphatic carbocycles. The van der Waals surface area contributed by atoms with Gasteiger partial charge in [-0.15, -0.1) is 0 Å². The van der Waals surface area contributed by atoms with Crippen molar-refractivity contribution in [2.75, 3.05) is 65.7 Å². The fraction of sp³-hybridized carbons (Fsp3) is 0.395. The summed E-state index contributed by atoms with van der Waals surface area (Å²) in [6.45, 7) is 6.94. The van der Waals surface area contributed by atoms with Crippen molar-refractivity contribution in [1.82, 2.24) is 29.9 Å². The SMILES string of the molecule is CCO.CCOC(=O)C(=C[O-])OC1CCCCO1.COC(=O)COC1CCCCO1.N=C(N)/C=C/c1ccccc1.Nc1nc(/C=C/c2ccccc2)ncc1OC1CCCCO1.O=S(=O)(Oc1nc(/C=C/c2ccccc2)ncc1OC1CCCCO1)C(F)(F)F.O=c1[nH]c(/C=C/c2ccccc2)ncc1OC1CCCCO1.[Na+]. The molecule has 34 heteroatoms. The number of hydrogen-bond acceptors (Lipinski definition) is 27. The molecule has 115 heavy (non-hydrogen) atoms. The summed E-state index contributed by atoms with van der Waals surface area (Å²) in [4.78, 5) is 57.0. The number of anilines is 1. The summed E-state index contributed by atoms with van der Waals surface area (Å²) in [5.41, 5.74) is 9.14. The van der Waals surface area contributed by atoms with Gasteiger partial charge in [0.1, 0.15) is 18.3 Å². The van der Waals surface area contributed by atoms with Crippen LogP contribution in [0.2, 0.25) is 0 Å². The number of nitrogen functional groups attached to an aromatic ring is 1. The molecule has 3 aromatic heterocycles. The van der Waals surface area contributed by atoms with E-state index in [1.807, 2.05) is 121 Å². The molecule has 5 unspecified atom stereocenters. The molecule has 616 valence electrons. The van der Waals surface area contributed by atoms with Crippen molar-refractivity contribution in [1.29, 1.82) is 5.41 Å². The minimum Gasteiger partial charge on any atom is -0.875 e. The van der Waals surface area contributed by atoms with Crippen LogP contribution in [0.1, 0.15) is 150 Å². The topological polar surface area (TPSA) is 405 Å². The zero-order valence-corrected chi connectivity index (χ0v) is 67.6. The van der Waals surface area contributed by atoms with Gasteiger partial charge in [0.15, 0.2) is 60.4 Å². The van der Waals surface area contributed by atoms with Crippen molar-refractivity contribution in [3.05, 3.63) is 208 Å². The van der Waals surface area contributed by atoms with Crippen LogP contribution in [0.4, 0.5) is 19.0 Å². The van der Waals surface area contributed by atoms with E-state index >= 15 is 0 Å². The Morgan fingerprint density at radius 2 is 0.991 bits per heavy atom. The van der Waals surface area contributed by atoms with Gasteiger partial charge < -0.3 is 87.7 Å². The summed E-state index contributed by atoms with van der Waals surface area (Å²) in [6, 6.07) is 38.5. The first-order valence-corrected chi connectivity index (χ1v) is 38.5. The number of hydrogen-bond donors (Lipinski definition) is 5. The Morgan fingerprint density at radius 3 is 1.39 bits per heavy atom. The number of methoxy groups -OCH3 is 1. The van der Waals surface area contributed by atoms with Gasteiger partial charge in [0, 0.05) is 38.9 Å². The summed E-state index contributed by atoms with van der Waals surface area (Å²) in [5, 5.41) is 25.1. The Labute approximate surface area is 689 Å². The minimum atomic E-state index is -5.93. The molecule has 0 amide bonds. The van der Waals surface area contributed by atoms with Crippen molar-refractivity contribution >= 4 is 76.2 Å². The number of esters is 2. The second-order valence-electron chi connectivity index (χ2n) is 24.6. The number of amidine groups is 1. The van der Waals surface area contributed by atoms with E-state index in [0.717, 1.165) is 125 Å². The van der Waals surface area contributed by atoms with Gasteiger partial charge >= 0.3 is 57.1 Å². The minimum absolute atomic E-state index is 0. The van der Waals surface area contributed by atoms with Crippen molar-refractivity contribution < 1.29 is 132 Å². The summed E-state index contributed by atoms with van der Waals surface area (Å²) >= 11 is 0. The number of aliphatic hydroxyl groups is 1. The molecule has 5 fully saturated rings. The number of ether oxygens (including phenoxy) is 12. The Bertz CT molecular complexity index is 4260. The molecule has 29 nitrogen and oxygen atoms in total. The molecular formula is C81H99F3N9NaO20S. The Kier molecular flexibility index (Phi) is 45.6. The zero-order valence-electron chi connectivity index (χ0n) is 64.8. The molecule has 0 bridgehead atoms. The molecular weight excluding hydrogens is 1530 g/mol. The second kappa shape index (κ2) is 54.8. The number of nitrogens with zero attached hydrogens (tertiary/aromatic N) is 5. The number of alkyl halides is 3. The van der Waals surface area contributed by atoms with E-state index in [-0.39, 0.29) is 109 Å². The molecule has 4 aromatic carbocycles. The van der Waals surface area contributed by atoms with Crippen molar-refractivity contribution in [3.8, 4) is 23.1 Å². The first kappa shape index (κ1) is 95.7. The van der Waals surface area contributed by atoms with E-state index in [9.17, 15) is 41.1 Å². The van der Waals surface area contributed by atoms with Crippen LogP contribution < -0.4 is 70.1 Å². The summed E-state index contributed by atoms with van der Waals surface area (Å²) < 4.78 is 128. The normalized spacial score (nSPS) is 18.1. The number of rotatable bonds is 23. The first-order chi connectivity index (χ1) is 55.2. The van der Waals surface area contributed by atoms with Gasteiger partial charge in [0.2, 0.25) is 11.5 Å². The third kappa shape index (κ3) is 38.9. The number of nitrogens with two attached hydrogens (primary N) is 2. The number of aliphatic hydroxyl groups excluding tert-OH is 1. The molecule has 0 spiro atoms. The average Bonchev–Trinajstić information content (AvgIpc) is 0.805. The summed E-state index contributed by atoms with van der Waals surface area (Å²) in [5.74, 6) is -0.559. The maximum Gasteiger partial charge on any atom is 1.00 e. The fourth-order valence-electron chi connectivity index (χ4n) is 10.0. The number of H-pyrrole nitrogens is 1. The Morgan fingerprint density at radius 1 is 0.591 bits per heavy atom. The maximum absolute atomic E-state index is 12.7. The standard InChI is InChI=1S/C18H17F3N2O5S.C17H19N3O2.C17H18N2O3.C10H16O5.C9H10N2.C8H14O4.C2H6O.Na/c19-18(20,21)29(24,25)28-17-14(27-16-8-4-5-11-26-16)12-22-15(23-17)10-9-13-6-2-1-3-7-13;18-17-14(22-16-8-4-5-11-21-16)12-19-15(20-17)10-9-13-6-2-1-3-7-13;20-17-14(22-16-8-4-5-11-21-16)12-18-15(19-17)10-9-13-6-2-1-3-7-13;1-2-13-10(12)8(7-11)15-9-5-3-4-6-14-9;10-9(11)7-6-8-4-2-1-3-5-8;1-10-7(9)6-12-8-4-2-3-5-11-8;1-2-3;/h1-3,6-7,9-10,12,16H,4-5,8,11H2;1-3,6-7,9-10,12,16H,4-5,8,11H2,(H2,18,19,20);1-3,6-7,9-10,12,16H,4-5,8,11H2,(H,18,19,20);7,9,11H,2-6H2,1H3;1-7H,(H3,10,11);8H,2-6H2,1H3;3H,2H2,1H3;/q;;;;;;;+1/p-1/b3*10-9+;;7-6+;;;. The van der Waals surface area contributed by atoms with Gasteiger partial charge in [-0.05, 0) is 131 Å². The molecule has 8 heterocycles. The smallest absolute Gasteiger partial charge is 0.875 e. The van der Waals surface area contributed by atoms with Crippen molar-refractivity contribution in [3.63, 3.8) is 0 Å². The predicted molar refractivity (Wildman–Crippen MR) is 419 cm³/mol. The number of benzene rings is 4. The van der Waals surface area contributed by atoms with E-state index in [2.05, 4.69) is 43.6 Å². The summed E-state index contributed by atoms with van der Waals surface area (Å²) in [6.07, 6.45) is 30.0. The van der Waals surface area contributed by atoms with E-state index < -0.39 is 40.1 Å². The van der Waals surface area contributed by atoms with Gasteiger partial charge in [0.25, 0.3) is 11.4 Å². The molecule has 12 rings (SSSR count). The maximum atomic E-state index is 12.7. The molecule has 0 saturated carbocycles. The van der Waals surface area contributed by atoms with Crippen molar-refractivity contribution in [2.45, 2.75) is 147 Å². The molecule has 5 saturated heterocycles. The average molecular weight is 1630 g/mol. The third-order valence-corrected chi connectivity index (χ3v) is 16.6. The van der Waals surface area contributed by atoms with Crippen LogP contribution in [-0.4, -0.2) is 158 Å². The van der Waals surface area contributed by atoms with Gasteiger partial charge in [-0.3, -0.25) is 10.2 Å². The van der Waals surface area contributed by atoms with Crippen LogP contribution in [0.15, 0.2) is 163 Å². The van der Waals surface area contributed by atoms with Gasteiger partial charge in [-0.1, -0.05) is 152 Å². The van der Waals surface area contributed by atoms with Crippen LogP contribution in [0.5, 0.6) is 23.1 Å². The third-order valence-electron chi connectivity index (χ3n) is 15.7. The molecule has 5 aliphatic heterocycles. The first-order valence-electron chi connectivity index (χ1n) is 37.1. The second-order valence-corrected chi connectivity index (χ2v) is 26.1. The Hall–Kier alpha value is -9.91. The molecule has 7 N–H and O–H groups in total. The summed E-state index contributed by atoms with van der Waals surface area (Å²) in [7, 11) is -4.59. The molecule has 5 atom stereocenters. The van der Waals surface area contributed by atoms with Crippen molar-refractivity contribution in [2.24, 2.45) is 5.73 Å². The monoisotopic (exact) mass is 1630 g/mol. The number of carbonyl (C=O) groups excluding carboxylic acids is 2. The zero-order chi connectivity index (χ0) is 82.0. The van der Waals surface area contributed by atoms with Crippen LogP contribution in [0.25, 0.3) is 42.5 Å². The molecule has 5 aliphatic rings. The fourth-order valence-corrected chi connectivity index (χ4v) is 10.4.